The number of Topliss-reactive ketones (excluding diaryl/α,β-unsaturated/α-hetero) is 1. The molecule has 4 rings (SSSR count). The van der Waals surface area contributed by atoms with Gasteiger partial charge in [0.1, 0.15) is 5.60 Å². The highest BCUT2D eigenvalue weighted by atomic mass is 16.6. The van der Waals surface area contributed by atoms with Gasteiger partial charge in [-0.05, 0) is 40.0 Å². The van der Waals surface area contributed by atoms with E-state index in [1.54, 1.807) is 48.1 Å². The molecule has 1 unspecified atom stereocenters. The monoisotopic (exact) mass is 536 g/mol. The topological polar surface area (TPSA) is 120 Å². The van der Waals surface area contributed by atoms with Crippen molar-refractivity contribution in [3.05, 3.63) is 62.8 Å². The van der Waals surface area contributed by atoms with Crippen molar-refractivity contribution in [2.24, 2.45) is 7.05 Å². The maximum atomic E-state index is 13.7. The molecule has 1 aliphatic heterocycles. The van der Waals surface area contributed by atoms with Gasteiger partial charge < -0.3 is 15.0 Å². The number of fused-ring (bicyclic) bond motifs is 1. The van der Waals surface area contributed by atoms with E-state index >= 15 is 0 Å². The summed E-state index contributed by atoms with van der Waals surface area (Å²) in [5.74, 6) is 0.154. The lowest BCUT2D eigenvalue weighted by molar-refractivity contribution is 0.0499. The predicted octanol–water partition coefficient (Wildman–Crippen LogP) is 3.15. The summed E-state index contributed by atoms with van der Waals surface area (Å²) in [7, 11) is 1.54. The van der Waals surface area contributed by atoms with E-state index in [0.29, 0.717) is 31.0 Å². The van der Waals surface area contributed by atoms with Crippen molar-refractivity contribution in [1.29, 1.82) is 0 Å². The van der Waals surface area contributed by atoms with E-state index in [9.17, 15) is 19.2 Å². The molecule has 11 nitrogen and oxygen atoms in total. The molecule has 3 aromatic rings. The van der Waals surface area contributed by atoms with Crippen LogP contribution in [-0.4, -0.2) is 55.3 Å². The van der Waals surface area contributed by atoms with Gasteiger partial charge >= 0.3 is 11.8 Å². The zero-order valence-corrected chi connectivity index (χ0v) is 23.1. The van der Waals surface area contributed by atoms with Crippen LogP contribution in [-0.2, 0) is 18.3 Å². The number of ketones is 1. The molecule has 0 spiro atoms. The van der Waals surface area contributed by atoms with Gasteiger partial charge in [0.2, 0.25) is 5.95 Å². The summed E-state index contributed by atoms with van der Waals surface area (Å²) in [4.78, 5) is 58.9. The number of nitrogens with zero attached hydrogens (tertiary/aromatic N) is 5. The molecule has 208 valence electrons. The molecular formula is C28H36N6O5. The number of ether oxygens (including phenoxy) is 1. The van der Waals surface area contributed by atoms with E-state index in [4.69, 9.17) is 9.72 Å². The lowest BCUT2D eigenvalue weighted by Crippen LogP contribution is -2.49. The molecule has 1 aromatic carbocycles. The SMILES string of the molecule is CC/C=C/n1c(N2CCCC(NC(=O)OC(C)(C)C)C2)nc2c1c(=O)n(CC(=O)c1ccccc1)c(=O)n2C. The van der Waals surface area contributed by atoms with E-state index in [1.165, 1.54) is 4.57 Å². The number of carbonyl (C=O) groups excluding carboxylic acids is 2. The number of piperidine rings is 1. The summed E-state index contributed by atoms with van der Waals surface area (Å²) < 4.78 is 9.36. The highest BCUT2D eigenvalue weighted by Gasteiger charge is 2.29. The van der Waals surface area contributed by atoms with Gasteiger partial charge in [-0.2, -0.15) is 4.98 Å². The number of aryl methyl sites for hydroxylation is 1. The molecule has 3 heterocycles. The number of benzene rings is 1. The van der Waals surface area contributed by atoms with Gasteiger partial charge in [-0.3, -0.25) is 23.3 Å². The van der Waals surface area contributed by atoms with Crippen LogP contribution in [0.3, 0.4) is 0 Å². The third-order valence-corrected chi connectivity index (χ3v) is 6.47. The Labute approximate surface area is 226 Å². The van der Waals surface area contributed by atoms with Gasteiger partial charge in [0.15, 0.2) is 16.9 Å². The number of alkyl carbamates (subject to hydrolysis) is 1. The molecule has 1 atom stereocenters. The lowest BCUT2D eigenvalue weighted by atomic mass is 10.1. The Morgan fingerprint density at radius 1 is 1.18 bits per heavy atom. The molecule has 11 heteroatoms. The minimum absolute atomic E-state index is 0.180. The summed E-state index contributed by atoms with van der Waals surface area (Å²) >= 11 is 0. The first-order chi connectivity index (χ1) is 18.5. The van der Waals surface area contributed by atoms with E-state index < -0.39 is 22.9 Å². The smallest absolute Gasteiger partial charge is 0.407 e. The molecule has 0 aliphatic carbocycles. The first-order valence-corrected chi connectivity index (χ1v) is 13.2. The maximum absolute atomic E-state index is 13.7. The second kappa shape index (κ2) is 11.3. The molecule has 1 aliphatic rings. The third kappa shape index (κ3) is 6.13. The van der Waals surface area contributed by atoms with Crippen molar-refractivity contribution in [2.75, 3.05) is 18.0 Å². The van der Waals surface area contributed by atoms with Crippen LogP contribution < -0.4 is 21.5 Å². The van der Waals surface area contributed by atoms with Crippen LogP contribution in [0.4, 0.5) is 10.7 Å². The maximum Gasteiger partial charge on any atom is 0.407 e. The lowest BCUT2D eigenvalue weighted by Gasteiger charge is -2.34. The first-order valence-electron chi connectivity index (χ1n) is 13.2. The van der Waals surface area contributed by atoms with Crippen LogP contribution in [0.5, 0.6) is 0 Å². The van der Waals surface area contributed by atoms with Gasteiger partial charge in [0.25, 0.3) is 5.56 Å². The fraction of sp³-hybridized carbons (Fsp3) is 0.464. The Bertz CT molecular complexity index is 1510. The summed E-state index contributed by atoms with van der Waals surface area (Å²) in [6, 6.07) is 8.39. The van der Waals surface area contributed by atoms with E-state index in [-0.39, 0.29) is 29.5 Å². The molecule has 1 fully saturated rings. The molecule has 1 saturated heterocycles. The summed E-state index contributed by atoms with van der Waals surface area (Å²) in [5.41, 5.74) is -0.952. The number of rotatable bonds is 7. The molecular weight excluding hydrogens is 500 g/mol. The summed E-state index contributed by atoms with van der Waals surface area (Å²) in [6.07, 6.45) is 5.46. The van der Waals surface area contributed by atoms with Crippen molar-refractivity contribution in [2.45, 2.75) is 65.1 Å². The van der Waals surface area contributed by atoms with Crippen LogP contribution in [0.15, 0.2) is 46.0 Å². The van der Waals surface area contributed by atoms with Gasteiger partial charge in [-0.25, -0.2) is 9.59 Å². The van der Waals surface area contributed by atoms with Crippen molar-refractivity contribution in [3.63, 3.8) is 0 Å². The quantitative estimate of drug-likeness (QED) is 0.461. The van der Waals surface area contributed by atoms with Gasteiger partial charge in [0, 0.05) is 37.9 Å². The zero-order valence-electron chi connectivity index (χ0n) is 23.1. The second-order valence-corrected chi connectivity index (χ2v) is 10.7. The van der Waals surface area contributed by atoms with Crippen LogP contribution >= 0.6 is 0 Å². The van der Waals surface area contributed by atoms with Gasteiger partial charge in [-0.15, -0.1) is 0 Å². The number of hydrogen-bond acceptors (Lipinski definition) is 7. The zero-order chi connectivity index (χ0) is 28.3. The normalized spacial score (nSPS) is 16.1. The average Bonchev–Trinajstić information content (AvgIpc) is 3.28. The Balaban J connectivity index is 1.74. The molecule has 0 radical (unpaired) electrons. The molecule has 0 bridgehead atoms. The summed E-state index contributed by atoms with van der Waals surface area (Å²) in [5, 5.41) is 2.93. The largest absolute Gasteiger partial charge is 0.444 e. The van der Waals surface area contributed by atoms with Crippen molar-refractivity contribution >= 4 is 35.2 Å². The number of allylic oxidation sites excluding steroid dienone is 1. The van der Waals surface area contributed by atoms with Crippen LogP contribution in [0, 0.1) is 0 Å². The number of imidazole rings is 1. The van der Waals surface area contributed by atoms with E-state index in [2.05, 4.69) is 5.32 Å². The third-order valence-electron chi connectivity index (χ3n) is 6.47. The highest BCUT2D eigenvalue weighted by molar-refractivity contribution is 5.96. The number of aromatic nitrogens is 4. The number of nitrogens with one attached hydrogen (secondary N) is 1. The fourth-order valence-corrected chi connectivity index (χ4v) is 4.65. The highest BCUT2D eigenvalue weighted by Crippen LogP contribution is 2.24. The Hall–Kier alpha value is -4.15. The molecule has 2 aromatic heterocycles. The van der Waals surface area contributed by atoms with Crippen LogP contribution in [0.2, 0.25) is 0 Å². The minimum atomic E-state index is -0.615. The predicted molar refractivity (Wildman–Crippen MR) is 150 cm³/mol. The molecule has 0 saturated carbocycles. The second-order valence-electron chi connectivity index (χ2n) is 10.7. The number of amides is 1. The molecule has 39 heavy (non-hydrogen) atoms. The Kier molecular flexibility index (Phi) is 8.08. The van der Waals surface area contributed by atoms with Crippen LogP contribution in [0.1, 0.15) is 57.3 Å². The van der Waals surface area contributed by atoms with Crippen LogP contribution in [0.25, 0.3) is 17.4 Å². The Morgan fingerprint density at radius 2 is 1.90 bits per heavy atom. The fourth-order valence-electron chi connectivity index (χ4n) is 4.65. The average molecular weight is 537 g/mol. The molecule has 1 N–H and O–H groups in total. The summed E-state index contributed by atoms with van der Waals surface area (Å²) in [6.45, 7) is 8.14. The standard InChI is InChI=1S/C28H36N6O5/c1-6-7-16-33-22-23(30-25(33)32-15-11-14-20(17-32)29-26(37)39-28(2,3)4)31(5)27(38)34(24(22)36)18-21(35)19-12-9-8-10-13-19/h7-10,12-13,16,20H,6,11,14-15,17-18H2,1-5H3,(H,29,37)/b16-7+. The van der Waals surface area contributed by atoms with Crippen molar-refractivity contribution < 1.29 is 14.3 Å². The first kappa shape index (κ1) is 27.9. The Morgan fingerprint density at radius 3 is 2.56 bits per heavy atom. The van der Waals surface area contributed by atoms with Gasteiger partial charge in [-0.1, -0.05) is 43.3 Å². The number of hydrogen-bond donors (Lipinski definition) is 1. The molecule has 1 amide bonds. The number of carbonyl (C=O) groups is 2. The van der Waals surface area contributed by atoms with Crippen molar-refractivity contribution in [3.8, 4) is 0 Å². The van der Waals surface area contributed by atoms with Gasteiger partial charge in [0.05, 0.1) is 6.54 Å². The van der Waals surface area contributed by atoms with E-state index in [1.807, 2.05) is 38.7 Å². The minimum Gasteiger partial charge on any atom is -0.444 e. The number of anilines is 1. The van der Waals surface area contributed by atoms with E-state index in [0.717, 1.165) is 17.4 Å². The van der Waals surface area contributed by atoms with Crippen molar-refractivity contribution in [1.82, 2.24) is 24.0 Å².